The van der Waals surface area contributed by atoms with Crippen LogP contribution in [0.1, 0.15) is 5.56 Å². The molecule has 0 aliphatic rings. The van der Waals surface area contributed by atoms with Crippen LogP contribution in [0.4, 0.5) is 0 Å². The molecule has 0 atom stereocenters. The molecule has 1 aromatic carbocycles. The van der Waals surface area contributed by atoms with E-state index in [0.29, 0.717) is 36.0 Å². The van der Waals surface area contributed by atoms with Crippen LogP contribution in [0, 0.1) is 0 Å². The highest BCUT2D eigenvalue weighted by atomic mass is 35.5. The van der Waals surface area contributed by atoms with Crippen LogP contribution < -0.4 is 15.8 Å². The number of rotatable bonds is 5. The van der Waals surface area contributed by atoms with E-state index in [2.05, 4.69) is 5.32 Å². The minimum absolute atomic E-state index is 0.117. The SMILES string of the molecule is COc1cc(Cl)cc(CNCCN)c1O. The van der Waals surface area contributed by atoms with Gasteiger partial charge in [-0.1, -0.05) is 11.6 Å². The lowest BCUT2D eigenvalue weighted by molar-refractivity contribution is 0.370. The molecule has 1 aromatic rings. The zero-order valence-corrected chi connectivity index (χ0v) is 9.34. The maximum Gasteiger partial charge on any atom is 0.162 e. The Labute approximate surface area is 94.0 Å². The number of methoxy groups -OCH3 is 1. The van der Waals surface area contributed by atoms with Crippen LogP contribution in [-0.4, -0.2) is 25.3 Å². The number of aromatic hydroxyl groups is 1. The van der Waals surface area contributed by atoms with Crippen molar-refractivity contribution in [2.75, 3.05) is 20.2 Å². The molecule has 0 spiro atoms. The molecule has 4 N–H and O–H groups in total. The van der Waals surface area contributed by atoms with E-state index in [1.165, 1.54) is 7.11 Å². The van der Waals surface area contributed by atoms with Crippen LogP contribution in [0.25, 0.3) is 0 Å². The molecule has 1 rings (SSSR count). The van der Waals surface area contributed by atoms with Crippen molar-refractivity contribution in [3.05, 3.63) is 22.7 Å². The van der Waals surface area contributed by atoms with Gasteiger partial charge in [-0.05, 0) is 6.07 Å². The number of ether oxygens (including phenoxy) is 1. The second-order valence-electron chi connectivity index (χ2n) is 3.08. The zero-order valence-electron chi connectivity index (χ0n) is 8.59. The van der Waals surface area contributed by atoms with Gasteiger partial charge < -0.3 is 20.9 Å². The minimum Gasteiger partial charge on any atom is -0.504 e. The van der Waals surface area contributed by atoms with Crippen molar-refractivity contribution in [2.24, 2.45) is 5.73 Å². The van der Waals surface area contributed by atoms with Crippen molar-refractivity contribution in [1.82, 2.24) is 5.32 Å². The third-order valence-electron chi connectivity index (χ3n) is 1.98. The fraction of sp³-hybridized carbons (Fsp3) is 0.400. The van der Waals surface area contributed by atoms with Gasteiger partial charge in [-0.2, -0.15) is 0 Å². The van der Waals surface area contributed by atoms with Gasteiger partial charge in [0.25, 0.3) is 0 Å². The maximum absolute atomic E-state index is 9.76. The first kappa shape index (κ1) is 12.1. The van der Waals surface area contributed by atoms with Crippen LogP contribution in [0.5, 0.6) is 11.5 Å². The van der Waals surface area contributed by atoms with E-state index in [9.17, 15) is 5.11 Å². The van der Waals surface area contributed by atoms with Gasteiger partial charge in [0.15, 0.2) is 11.5 Å². The quantitative estimate of drug-likeness (QED) is 0.663. The van der Waals surface area contributed by atoms with E-state index < -0.39 is 0 Å². The van der Waals surface area contributed by atoms with Gasteiger partial charge >= 0.3 is 0 Å². The fourth-order valence-electron chi connectivity index (χ4n) is 1.24. The number of phenolic OH excluding ortho intramolecular Hbond substituents is 1. The third kappa shape index (κ3) is 3.27. The molecule has 0 bridgehead atoms. The van der Waals surface area contributed by atoms with Crippen molar-refractivity contribution in [3.8, 4) is 11.5 Å². The molecule has 0 aromatic heterocycles. The van der Waals surface area contributed by atoms with Gasteiger partial charge in [0.2, 0.25) is 0 Å². The number of benzene rings is 1. The van der Waals surface area contributed by atoms with Gasteiger partial charge in [-0.25, -0.2) is 0 Å². The smallest absolute Gasteiger partial charge is 0.162 e. The summed E-state index contributed by atoms with van der Waals surface area (Å²) in [4.78, 5) is 0. The molecule has 0 saturated carbocycles. The zero-order chi connectivity index (χ0) is 11.3. The van der Waals surface area contributed by atoms with Crippen LogP contribution in [0.15, 0.2) is 12.1 Å². The van der Waals surface area contributed by atoms with E-state index in [1.807, 2.05) is 0 Å². The summed E-state index contributed by atoms with van der Waals surface area (Å²) in [5, 5.41) is 13.4. The highest BCUT2D eigenvalue weighted by Gasteiger charge is 2.09. The summed E-state index contributed by atoms with van der Waals surface area (Å²) in [7, 11) is 1.49. The van der Waals surface area contributed by atoms with Crippen molar-refractivity contribution in [1.29, 1.82) is 0 Å². The highest BCUT2D eigenvalue weighted by Crippen LogP contribution is 2.33. The summed E-state index contributed by atoms with van der Waals surface area (Å²) >= 11 is 5.87. The number of halogens is 1. The van der Waals surface area contributed by atoms with E-state index in [4.69, 9.17) is 22.1 Å². The van der Waals surface area contributed by atoms with Gasteiger partial charge in [-0.3, -0.25) is 0 Å². The molecular weight excluding hydrogens is 216 g/mol. The summed E-state index contributed by atoms with van der Waals surface area (Å²) in [6.45, 7) is 1.76. The van der Waals surface area contributed by atoms with Crippen LogP contribution in [0.3, 0.4) is 0 Å². The number of hydrogen-bond donors (Lipinski definition) is 3. The molecule has 0 aliphatic carbocycles. The Bertz CT molecular complexity index is 331. The van der Waals surface area contributed by atoms with E-state index >= 15 is 0 Å². The Kier molecular flexibility index (Phi) is 4.68. The minimum atomic E-state index is 0.117. The molecule has 0 amide bonds. The Balaban J connectivity index is 2.81. The highest BCUT2D eigenvalue weighted by molar-refractivity contribution is 6.30. The van der Waals surface area contributed by atoms with E-state index in [-0.39, 0.29) is 5.75 Å². The van der Waals surface area contributed by atoms with Crippen molar-refractivity contribution in [2.45, 2.75) is 6.54 Å². The number of nitrogens with two attached hydrogens (primary N) is 1. The maximum atomic E-state index is 9.76. The molecule has 0 aliphatic heterocycles. The molecule has 84 valence electrons. The first-order valence-corrected chi connectivity index (χ1v) is 5.03. The lowest BCUT2D eigenvalue weighted by atomic mass is 10.2. The standard InChI is InChI=1S/C10H15ClN2O2/c1-15-9-5-8(11)4-7(10(9)14)6-13-3-2-12/h4-5,13-14H,2-3,6,12H2,1H3. The Morgan fingerprint density at radius 3 is 2.87 bits per heavy atom. The average Bonchev–Trinajstić information content (AvgIpc) is 2.23. The fourth-order valence-corrected chi connectivity index (χ4v) is 1.47. The average molecular weight is 231 g/mol. The van der Waals surface area contributed by atoms with Crippen molar-refractivity contribution < 1.29 is 9.84 Å². The van der Waals surface area contributed by atoms with E-state index in [1.54, 1.807) is 12.1 Å². The lowest BCUT2D eigenvalue weighted by Gasteiger charge is -2.10. The first-order valence-electron chi connectivity index (χ1n) is 4.65. The topological polar surface area (TPSA) is 67.5 Å². The summed E-state index contributed by atoms with van der Waals surface area (Å²) in [5.74, 6) is 0.499. The predicted octanol–water partition coefficient (Wildman–Crippen LogP) is 1.10. The summed E-state index contributed by atoms with van der Waals surface area (Å²) in [6.07, 6.45) is 0. The van der Waals surface area contributed by atoms with Gasteiger partial charge in [0, 0.05) is 36.3 Å². The van der Waals surface area contributed by atoms with Gasteiger partial charge in [-0.15, -0.1) is 0 Å². The van der Waals surface area contributed by atoms with Crippen molar-refractivity contribution >= 4 is 11.6 Å². The van der Waals surface area contributed by atoms with Crippen molar-refractivity contribution in [3.63, 3.8) is 0 Å². The lowest BCUT2D eigenvalue weighted by Crippen LogP contribution is -2.21. The van der Waals surface area contributed by atoms with E-state index in [0.717, 1.165) is 0 Å². The summed E-state index contributed by atoms with van der Waals surface area (Å²) in [6, 6.07) is 3.27. The molecule has 15 heavy (non-hydrogen) atoms. The monoisotopic (exact) mass is 230 g/mol. The molecular formula is C10H15ClN2O2. The molecule has 0 fully saturated rings. The number of phenols is 1. The first-order chi connectivity index (χ1) is 7.19. The molecule has 4 nitrogen and oxygen atoms in total. The third-order valence-corrected chi connectivity index (χ3v) is 2.19. The normalized spacial score (nSPS) is 10.3. The molecule has 0 heterocycles. The Morgan fingerprint density at radius 1 is 1.53 bits per heavy atom. The Hall–Kier alpha value is -0.970. The molecule has 0 saturated heterocycles. The largest absolute Gasteiger partial charge is 0.504 e. The second kappa shape index (κ2) is 5.80. The number of nitrogens with one attached hydrogen (secondary N) is 1. The van der Waals surface area contributed by atoms with Crippen LogP contribution in [-0.2, 0) is 6.54 Å². The van der Waals surface area contributed by atoms with Gasteiger partial charge in [0.05, 0.1) is 7.11 Å². The van der Waals surface area contributed by atoms with Crippen LogP contribution >= 0.6 is 11.6 Å². The molecule has 0 unspecified atom stereocenters. The predicted molar refractivity (Wildman–Crippen MR) is 60.4 cm³/mol. The number of hydrogen-bond acceptors (Lipinski definition) is 4. The second-order valence-corrected chi connectivity index (χ2v) is 3.52. The molecule has 0 radical (unpaired) electrons. The Morgan fingerprint density at radius 2 is 2.27 bits per heavy atom. The van der Waals surface area contributed by atoms with Crippen LogP contribution in [0.2, 0.25) is 5.02 Å². The van der Waals surface area contributed by atoms with Gasteiger partial charge in [0.1, 0.15) is 0 Å². The molecule has 5 heteroatoms. The summed E-state index contributed by atoms with van der Waals surface area (Å²) < 4.78 is 4.99. The summed E-state index contributed by atoms with van der Waals surface area (Å²) in [5.41, 5.74) is 6.04.